The maximum atomic E-state index is 12.8. The molecule has 2 aromatic rings. The molecular formula is C17H21ClN2O2. The van der Waals surface area contributed by atoms with Crippen molar-refractivity contribution in [2.75, 3.05) is 7.05 Å². The van der Waals surface area contributed by atoms with Crippen molar-refractivity contribution in [2.45, 2.75) is 39.7 Å². The first-order valence-electron chi connectivity index (χ1n) is 7.27. The molecule has 2 rings (SSSR count). The molecule has 22 heavy (non-hydrogen) atoms. The van der Waals surface area contributed by atoms with E-state index < -0.39 is 0 Å². The molecule has 118 valence electrons. The van der Waals surface area contributed by atoms with Crippen LogP contribution < -0.4 is 0 Å². The molecule has 0 saturated heterocycles. The van der Waals surface area contributed by atoms with Crippen LogP contribution in [-0.2, 0) is 4.79 Å². The van der Waals surface area contributed by atoms with Crippen LogP contribution in [0, 0.1) is 13.8 Å². The third-order valence-electron chi connectivity index (χ3n) is 4.17. The number of aromatic nitrogens is 1. The fraction of sp³-hybridized carbons (Fsp3) is 0.412. The molecule has 0 N–H and O–H groups in total. The molecule has 4 nitrogen and oxygen atoms in total. The molecule has 0 aliphatic heterocycles. The molecule has 1 aromatic carbocycles. The lowest BCUT2D eigenvalue weighted by Crippen LogP contribution is -2.33. The minimum atomic E-state index is -0.286. The minimum Gasteiger partial charge on any atom is -0.361 e. The maximum absolute atomic E-state index is 12.8. The van der Waals surface area contributed by atoms with E-state index in [0.29, 0.717) is 10.8 Å². The second-order valence-corrected chi connectivity index (χ2v) is 6.07. The predicted octanol–water partition coefficient (Wildman–Crippen LogP) is 4.27. The fourth-order valence-electron chi connectivity index (χ4n) is 2.69. The van der Waals surface area contributed by atoms with Gasteiger partial charge in [0.1, 0.15) is 5.76 Å². The van der Waals surface area contributed by atoms with Crippen molar-refractivity contribution < 1.29 is 9.32 Å². The number of hydrogen-bond donors (Lipinski definition) is 0. The zero-order valence-electron chi connectivity index (χ0n) is 13.6. The summed E-state index contributed by atoms with van der Waals surface area (Å²) in [5.41, 5.74) is 2.69. The van der Waals surface area contributed by atoms with Gasteiger partial charge in [-0.3, -0.25) is 4.79 Å². The van der Waals surface area contributed by atoms with Gasteiger partial charge in [0.15, 0.2) is 0 Å². The van der Waals surface area contributed by atoms with Crippen LogP contribution in [0.2, 0.25) is 5.02 Å². The van der Waals surface area contributed by atoms with Crippen LogP contribution in [0.25, 0.3) is 0 Å². The minimum absolute atomic E-state index is 0.0345. The van der Waals surface area contributed by atoms with Crippen molar-refractivity contribution in [1.82, 2.24) is 10.1 Å². The SMILES string of the molecule is Cc1noc(C)c1[C@H](C)C(=O)N(C)[C@H](C)c1ccc(Cl)cc1. The number of nitrogens with zero attached hydrogens (tertiary/aromatic N) is 2. The van der Waals surface area contributed by atoms with Gasteiger partial charge in [0.05, 0.1) is 17.7 Å². The fourth-order valence-corrected chi connectivity index (χ4v) is 2.82. The van der Waals surface area contributed by atoms with Gasteiger partial charge in [-0.1, -0.05) is 28.9 Å². The number of hydrogen-bond acceptors (Lipinski definition) is 3. The molecule has 2 atom stereocenters. The van der Waals surface area contributed by atoms with Crippen molar-refractivity contribution in [3.63, 3.8) is 0 Å². The van der Waals surface area contributed by atoms with E-state index in [1.165, 1.54) is 0 Å². The first-order chi connectivity index (χ1) is 10.3. The standard InChI is InChI=1S/C17H21ClN2O2/c1-10(16-11(2)19-22-13(16)4)17(21)20(5)12(3)14-6-8-15(18)9-7-14/h6-10,12H,1-5H3/t10-,12+/m0/s1. The van der Waals surface area contributed by atoms with Gasteiger partial charge in [0.2, 0.25) is 5.91 Å². The van der Waals surface area contributed by atoms with Crippen LogP contribution in [0.3, 0.4) is 0 Å². The van der Waals surface area contributed by atoms with Gasteiger partial charge in [0, 0.05) is 17.6 Å². The summed E-state index contributed by atoms with van der Waals surface area (Å²) in [6, 6.07) is 7.52. The highest BCUT2D eigenvalue weighted by Gasteiger charge is 2.27. The van der Waals surface area contributed by atoms with Crippen LogP contribution in [0.4, 0.5) is 0 Å². The number of amides is 1. The Labute approximate surface area is 136 Å². The van der Waals surface area contributed by atoms with E-state index in [4.69, 9.17) is 16.1 Å². The van der Waals surface area contributed by atoms with Gasteiger partial charge in [-0.25, -0.2) is 0 Å². The summed E-state index contributed by atoms with van der Waals surface area (Å²) in [4.78, 5) is 14.5. The van der Waals surface area contributed by atoms with Crippen molar-refractivity contribution in [1.29, 1.82) is 0 Å². The van der Waals surface area contributed by atoms with Crippen LogP contribution >= 0.6 is 11.6 Å². The molecule has 0 aliphatic carbocycles. The first-order valence-corrected chi connectivity index (χ1v) is 7.65. The van der Waals surface area contributed by atoms with Crippen LogP contribution in [0.5, 0.6) is 0 Å². The van der Waals surface area contributed by atoms with Crippen LogP contribution in [0.15, 0.2) is 28.8 Å². The molecule has 0 unspecified atom stereocenters. The Balaban J connectivity index is 2.19. The van der Waals surface area contributed by atoms with Gasteiger partial charge in [-0.15, -0.1) is 0 Å². The smallest absolute Gasteiger partial charge is 0.230 e. The Morgan fingerprint density at radius 2 is 1.82 bits per heavy atom. The zero-order chi connectivity index (χ0) is 16.4. The Bertz CT molecular complexity index is 644. The summed E-state index contributed by atoms with van der Waals surface area (Å²) in [7, 11) is 1.82. The topological polar surface area (TPSA) is 46.3 Å². The molecule has 0 saturated carbocycles. The number of aryl methyl sites for hydroxylation is 2. The van der Waals surface area contributed by atoms with Crippen molar-refractivity contribution >= 4 is 17.5 Å². The molecule has 0 fully saturated rings. The number of carbonyl (C=O) groups excluding carboxylic acids is 1. The van der Waals surface area contributed by atoms with Gasteiger partial charge in [-0.2, -0.15) is 0 Å². The molecule has 0 spiro atoms. The van der Waals surface area contributed by atoms with E-state index in [1.54, 1.807) is 4.90 Å². The highest BCUT2D eigenvalue weighted by Crippen LogP contribution is 2.28. The molecular weight excluding hydrogens is 300 g/mol. The lowest BCUT2D eigenvalue weighted by Gasteiger charge is -2.28. The maximum Gasteiger partial charge on any atom is 0.230 e. The van der Waals surface area contributed by atoms with Gasteiger partial charge < -0.3 is 9.42 Å². The van der Waals surface area contributed by atoms with E-state index in [2.05, 4.69) is 5.16 Å². The number of likely N-dealkylation sites (N-methyl/N-ethyl adjacent to an activating group) is 1. The third kappa shape index (κ3) is 3.17. The third-order valence-corrected chi connectivity index (χ3v) is 4.42. The van der Waals surface area contributed by atoms with Gasteiger partial charge >= 0.3 is 0 Å². The summed E-state index contributed by atoms with van der Waals surface area (Å²) < 4.78 is 5.17. The van der Waals surface area contributed by atoms with Crippen molar-refractivity contribution in [2.24, 2.45) is 0 Å². The number of benzene rings is 1. The van der Waals surface area contributed by atoms with Crippen LogP contribution in [0.1, 0.15) is 48.4 Å². The molecule has 0 radical (unpaired) electrons. The monoisotopic (exact) mass is 320 g/mol. The van der Waals surface area contributed by atoms with E-state index in [0.717, 1.165) is 16.8 Å². The Morgan fingerprint density at radius 3 is 2.32 bits per heavy atom. The van der Waals surface area contributed by atoms with E-state index in [-0.39, 0.29) is 17.9 Å². The lowest BCUT2D eigenvalue weighted by molar-refractivity contribution is -0.133. The number of rotatable bonds is 4. The van der Waals surface area contributed by atoms with E-state index in [1.807, 2.05) is 59.0 Å². The summed E-state index contributed by atoms with van der Waals surface area (Å²) in [5, 5.41) is 4.62. The number of carbonyl (C=O) groups is 1. The van der Waals surface area contributed by atoms with Crippen LogP contribution in [-0.4, -0.2) is 23.0 Å². The normalized spacial score (nSPS) is 13.7. The molecule has 1 aromatic heterocycles. The summed E-state index contributed by atoms with van der Waals surface area (Å²) in [6.07, 6.45) is 0. The molecule has 0 bridgehead atoms. The first kappa shape index (κ1) is 16.6. The quantitative estimate of drug-likeness (QED) is 0.845. The zero-order valence-corrected chi connectivity index (χ0v) is 14.3. The lowest BCUT2D eigenvalue weighted by atomic mass is 9.97. The summed E-state index contributed by atoms with van der Waals surface area (Å²) >= 11 is 5.91. The molecule has 1 amide bonds. The van der Waals surface area contributed by atoms with Crippen molar-refractivity contribution in [3.8, 4) is 0 Å². The highest BCUT2D eigenvalue weighted by atomic mass is 35.5. The second-order valence-electron chi connectivity index (χ2n) is 5.64. The molecule has 5 heteroatoms. The highest BCUT2D eigenvalue weighted by molar-refractivity contribution is 6.30. The Hall–Kier alpha value is -1.81. The van der Waals surface area contributed by atoms with E-state index in [9.17, 15) is 4.79 Å². The van der Waals surface area contributed by atoms with E-state index >= 15 is 0 Å². The Kier molecular flexibility index (Phi) is 4.91. The Morgan fingerprint density at radius 1 is 1.23 bits per heavy atom. The van der Waals surface area contributed by atoms with Gasteiger partial charge in [0.25, 0.3) is 0 Å². The predicted molar refractivity (Wildman–Crippen MR) is 87.0 cm³/mol. The summed E-state index contributed by atoms with van der Waals surface area (Å²) in [6.45, 7) is 7.58. The largest absolute Gasteiger partial charge is 0.361 e. The average molecular weight is 321 g/mol. The summed E-state index contributed by atoms with van der Waals surface area (Å²) in [5.74, 6) is 0.453. The van der Waals surface area contributed by atoms with Crippen molar-refractivity contribution in [3.05, 3.63) is 51.9 Å². The average Bonchev–Trinajstić information content (AvgIpc) is 2.84. The number of halogens is 1. The van der Waals surface area contributed by atoms with Gasteiger partial charge in [-0.05, 0) is 45.4 Å². The molecule has 0 aliphatic rings. The molecule has 1 heterocycles. The second kappa shape index (κ2) is 6.53.